The fraction of sp³-hybridized carbons (Fsp3) is 0.714. The van der Waals surface area contributed by atoms with E-state index in [-0.39, 0.29) is 18.6 Å². The predicted octanol–water partition coefficient (Wildman–Crippen LogP) is -1.13. The van der Waals surface area contributed by atoms with Crippen molar-refractivity contribution in [2.24, 2.45) is 5.92 Å². The Balaban J connectivity index is 2.18. The summed E-state index contributed by atoms with van der Waals surface area (Å²) in [5, 5.41) is 21.2. The zero-order valence-electron chi connectivity index (χ0n) is 5.67. The van der Waals surface area contributed by atoms with Gasteiger partial charge >= 0.3 is 0 Å². The van der Waals surface area contributed by atoms with Crippen LogP contribution in [0.15, 0.2) is 11.1 Å². The van der Waals surface area contributed by atoms with Gasteiger partial charge in [-0.1, -0.05) is 0 Å². The smallest absolute Gasteiger partial charge is 0.0853 e. The highest BCUT2D eigenvalue weighted by Crippen LogP contribution is 2.36. The quantitative estimate of drug-likeness (QED) is 0.405. The second-order valence-electron chi connectivity index (χ2n) is 2.89. The molecule has 56 valence electrons. The fourth-order valence-corrected chi connectivity index (χ4v) is 1.77. The van der Waals surface area contributed by atoms with Crippen LogP contribution in [0.2, 0.25) is 0 Å². The van der Waals surface area contributed by atoms with Crippen molar-refractivity contribution >= 4 is 0 Å². The summed E-state index contributed by atoms with van der Waals surface area (Å²) in [5.41, 5.74) is 2.34. The number of aliphatic hydroxyl groups is 2. The van der Waals surface area contributed by atoms with Crippen LogP contribution in [-0.4, -0.2) is 36.0 Å². The Hall–Kier alpha value is -0.380. The highest BCUT2D eigenvalue weighted by molar-refractivity contribution is 5.39. The van der Waals surface area contributed by atoms with Gasteiger partial charge in [0.25, 0.3) is 0 Å². The molecule has 10 heavy (non-hydrogen) atoms. The Morgan fingerprint density at radius 1 is 1.40 bits per heavy atom. The van der Waals surface area contributed by atoms with Gasteiger partial charge in [-0.05, 0) is 11.1 Å². The van der Waals surface area contributed by atoms with Crippen LogP contribution in [0.3, 0.4) is 0 Å². The van der Waals surface area contributed by atoms with Gasteiger partial charge in [-0.2, -0.15) is 0 Å². The third kappa shape index (κ3) is 0.599. The van der Waals surface area contributed by atoms with E-state index in [9.17, 15) is 5.11 Å². The minimum Gasteiger partial charge on any atom is -0.396 e. The van der Waals surface area contributed by atoms with Crippen LogP contribution in [-0.2, 0) is 0 Å². The maximum atomic E-state index is 9.32. The molecule has 1 aliphatic heterocycles. The molecule has 0 spiro atoms. The van der Waals surface area contributed by atoms with E-state index in [4.69, 9.17) is 5.11 Å². The summed E-state index contributed by atoms with van der Waals surface area (Å²) in [6.45, 7) is 1.76. The monoisotopic (exact) mass is 141 g/mol. The molecule has 2 unspecified atom stereocenters. The van der Waals surface area contributed by atoms with E-state index in [1.165, 1.54) is 5.57 Å². The Labute approximate surface area is 59.4 Å². The molecule has 0 saturated heterocycles. The molecule has 1 heterocycles. The maximum absolute atomic E-state index is 9.32. The van der Waals surface area contributed by atoms with Gasteiger partial charge in [-0.25, -0.2) is 0 Å². The van der Waals surface area contributed by atoms with Gasteiger partial charge in [0.2, 0.25) is 0 Å². The molecular weight excluding hydrogens is 130 g/mol. The molecule has 0 aromatic carbocycles. The molecule has 2 aliphatic rings. The van der Waals surface area contributed by atoms with Crippen LogP contribution in [0.1, 0.15) is 0 Å². The Bertz CT molecular complexity index is 188. The highest BCUT2D eigenvalue weighted by Gasteiger charge is 2.40. The molecule has 2 rings (SSSR count). The van der Waals surface area contributed by atoms with Gasteiger partial charge in [-0.3, -0.25) is 0 Å². The second kappa shape index (κ2) is 2.05. The zero-order chi connectivity index (χ0) is 7.14. The number of hydrogen-bond acceptors (Lipinski definition) is 3. The summed E-state index contributed by atoms with van der Waals surface area (Å²) < 4.78 is 0. The number of nitrogens with one attached hydrogen (secondary N) is 1. The summed E-state index contributed by atoms with van der Waals surface area (Å²) in [6, 6.07) is 0. The van der Waals surface area contributed by atoms with Crippen molar-refractivity contribution in [2.45, 2.75) is 6.10 Å². The molecule has 0 fully saturated rings. The Morgan fingerprint density at radius 3 is 2.80 bits per heavy atom. The maximum Gasteiger partial charge on any atom is 0.0853 e. The summed E-state index contributed by atoms with van der Waals surface area (Å²) in [7, 11) is 0. The predicted molar refractivity (Wildman–Crippen MR) is 36.5 cm³/mol. The summed E-state index contributed by atoms with van der Waals surface area (Å²) in [6.07, 6.45) is -0.366. The molecule has 0 aromatic rings. The number of aliphatic hydroxyl groups excluding tert-OH is 2. The van der Waals surface area contributed by atoms with E-state index >= 15 is 0 Å². The van der Waals surface area contributed by atoms with Crippen LogP contribution in [0, 0.1) is 5.92 Å². The van der Waals surface area contributed by atoms with Crippen molar-refractivity contribution in [3.63, 3.8) is 0 Å². The van der Waals surface area contributed by atoms with Crippen molar-refractivity contribution in [3.8, 4) is 0 Å². The molecular formula is C7H11NO2. The first-order valence-corrected chi connectivity index (χ1v) is 3.56. The standard InChI is InChI=1S/C7H11NO2/c9-3-6-4-1-8-2-5(4)7(6)10/h6-10H,1-3H2. The third-order valence-corrected chi connectivity index (χ3v) is 2.43. The molecule has 0 bridgehead atoms. The van der Waals surface area contributed by atoms with Gasteiger partial charge in [0.15, 0.2) is 0 Å². The second-order valence-corrected chi connectivity index (χ2v) is 2.89. The SMILES string of the molecule is OCC1C2=C(CNC2)C1O. The van der Waals surface area contributed by atoms with E-state index in [0.717, 1.165) is 18.7 Å². The molecule has 1 aliphatic carbocycles. The molecule has 0 saturated carbocycles. The lowest BCUT2D eigenvalue weighted by molar-refractivity contribution is 0.0873. The number of rotatable bonds is 1. The Morgan fingerprint density at radius 2 is 2.10 bits per heavy atom. The average Bonchev–Trinajstić information content (AvgIpc) is 2.33. The molecule has 0 aromatic heterocycles. The lowest BCUT2D eigenvalue weighted by Gasteiger charge is -2.33. The molecule has 2 atom stereocenters. The molecule has 3 heteroatoms. The largest absolute Gasteiger partial charge is 0.396 e. The van der Waals surface area contributed by atoms with Crippen LogP contribution in [0.5, 0.6) is 0 Å². The lowest BCUT2D eigenvalue weighted by atomic mass is 9.77. The zero-order valence-corrected chi connectivity index (χ0v) is 5.67. The third-order valence-electron chi connectivity index (χ3n) is 2.43. The molecule has 3 nitrogen and oxygen atoms in total. The lowest BCUT2D eigenvalue weighted by Crippen LogP contribution is -2.37. The fourth-order valence-electron chi connectivity index (χ4n) is 1.77. The van der Waals surface area contributed by atoms with Gasteiger partial charge in [0.1, 0.15) is 0 Å². The van der Waals surface area contributed by atoms with Gasteiger partial charge in [0.05, 0.1) is 12.7 Å². The van der Waals surface area contributed by atoms with Crippen molar-refractivity contribution < 1.29 is 10.2 Å². The van der Waals surface area contributed by atoms with Crippen molar-refractivity contribution in [3.05, 3.63) is 11.1 Å². The van der Waals surface area contributed by atoms with Crippen molar-refractivity contribution in [1.82, 2.24) is 5.32 Å². The van der Waals surface area contributed by atoms with E-state index in [1.807, 2.05) is 0 Å². The van der Waals surface area contributed by atoms with Crippen molar-refractivity contribution in [1.29, 1.82) is 0 Å². The molecule has 3 N–H and O–H groups in total. The molecule has 0 amide bonds. The minimum atomic E-state index is -0.366. The summed E-state index contributed by atoms with van der Waals surface area (Å²) in [4.78, 5) is 0. The normalized spacial score (nSPS) is 37.8. The van der Waals surface area contributed by atoms with Crippen LogP contribution >= 0.6 is 0 Å². The van der Waals surface area contributed by atoms with Crippen LogP contribution in [0.25, 0.3) is 0 Å². The molecule has 0 radical (unpaired) electrons. The van der Waals surface area contributed by atoms with Crippen molar-refractivity contribution in [2.75, 3.05) is 19.7 Å². The van der Waals surface area contributed by atoms with E-state index in [0.29, 0.717) is 0 Å². The average molecular weight is 141 g/mol. The van der Waals surface area contributed by atoms with Crippen LogP contribution in [0.4, 0.5) is 0 Å². The van der Waals surface area contributed by atoms with E-state index < -0.39 is 0 Å². The van der Waals surface area contributed by atoms with Crippen LogP contribution < -0.4 is 5.32 Å². The van der Waals surface area contributed by atoms with Gasteiger partial charge in [-0.15, -0.1) is 0 Å². The summed E-state index contributed by atoms with van der Waals surface area (Å²) >= 11 is 0. The highest BCUT2D eigenvalue weighted by atomic mass is 16.3. The first-order valence-electron chi connectivity index (χ1n) is 3.56. The topological polar surface area (TPSA) is 52.5 Å². The number of hydrogen-bond donors (Lipinski definition) is 3. The Kier molecular flexibility index (Phi) is 1.30. The minimum absolute atomic E-state index is 0.0324. The summed E-state index contributed by atoms with van der Waals surface area (Å²) in [5.74, 6) is 0.0324. The van der Waals surface area contributed by atoms with Gasteiger partial charge in [0, 0.05) is 19.0 Å². The van der Waals surface area contributed by atoms with E-state index in [1.54, 1.807) is 0 Å². The van der Waals surface area contributed by atoms with Gasteiger partial charge < -0.3 is 15.5 Å². The first kappa shape index (κ1) is 6.34. The van der Waals surface area contributed by atoms with E-state index in [2.05, 4.69) is 5.32 Å². The first-order chi connectivity index (χ1) is 4.84.